The second kappa shape index (κ2) is 4.95. The summed E-state index contributed by atoms with van der Waals surface area (Å²) in [5.41, 5.74) is 0. The number of halogens is 1. The van der Waals surface area contributed by atoms with Crippen LogP contribution in [0.5, 0.6) is 0 Å². The van der Waals surface area contributed by atoms with Crippen LogP contribution in [0.2, 0.25) is 0 Å². The topological polar surface area (TPSA) is 75.9 Å². The van der Waals surface area contributed by atoms with E-state index in [4.69, 9.17) is 5.11 Å². The van der Waals surface area contributed by atoms with Crippen molar-refractivity contribution in [2.75, 3.05) is 25.1 Å². The first-order valence-corrected chi connectivity index (χ1v) is 5.97. The highest BCUT2D eigenvalue weighted by Crippen LogP contribution is 2.08. The lowest BCUT2D eigenvalue weighted by molar-refractivity contribution is -0.895. The van der Waals surface area contributed by atoms with Crippen LogP contribution in [0.25, 0.3) is 0 Å². The maximum Gasteiger partial charge on any atom is 0.359 e. The Hall–Kier alpha value is -0.330. The Morgan fingerprint density at radius 2 is 2.14 bits per heavy atom. The van der Waals surface area contributed by atoms with Crippen LogP contribution in [-0.4, -0.2) is 50.6 Å². The van der Waals surface area contributed by atoms with Gasteiger partial charge in [-0.05, 0) is 0 Å². The van der Waals surface area contributed by atoms with Gasteiger partial charge < -0.3 is 22.4 Å². The lowest BCUT2D eigenvalue weighted by atomic mass is 10.2. The maximum absolute atomic E-state index is 11.1. The fourth-order valence-corrected chi connectivity index (χ4v) is 3.44. The molecule has 1 rings (SSSR count). The minimum atomic E-state index is -2.89. The third kappa shape index (κ3) is 3.81. The van der Waals surface area contributed by atoms with Crippen molar-refractivity contribution in [1.29, 1.82) is 0 Å². The Balaban J connectivity index is 0.00000169. The van der Waals surface area contributed by atoms with Crippen molar-refractivity contribution in [3.05, 3.63) is 0 Å². The number of sulfone groups is 1. The summed E-state index contributed by atoms with van der Waals surface area (Å²) >= 11 is 0. The Morgan fingerprint density at radius 3 is 2.50 bits per heavy atom. The van der Waals surface area contributed by atoms with E-state index in [2.05, 4.69) is 0 Å². The molecular weight excluding hydrogens is 230 g/mol. The summed E-state index contributed by atoms with van der Waals surface area (Å²) in [6.07, 6.45) is 0.585. The lowest BCUT2D eigenvalue weighted by Gasteiger charge is -2.17. The van der Waals surface area contributed by atoms with Crippen molar-refractivity contribution in [3.63, 3.8) is 0 Å². The third-order valence-corrected chi connectivity index (χ3v) is 4.13. The molecule has 5 nitrogen and oxygen atoms in total. The quantitative estimate of drug-likeness (QED) is 0.520. The van der Waals surface area contributed by atoms with Gasteiger partial charge in [0.05, 0.1) is 12.8 Å². The summed E-state index contributed by atoms with van der Waals surface area (Å²) in [6, 6.07) is -0.0406. The molecule has 1 fully saturated rings. The molecular formula is C7H14ClNO4S. The summed E-state index contributed by atoms with van der Waals surface area (Å²) in [5.74, 6) is -0.553. The van der Waals surface area contributed by atoms with E-state index in [-0.39, 0.29) is 36.5 Å². The van der Waals surface area contributed by atoms with Crippen LogP contribution in [0, 0.1) is 0 Å². The van der Waals surface area contributed by atoms with Gasteiger partial charge in [-0.2, -0.15) is 0 Å². The fourth-order valence-electron chi connectivity index (χ4n) is 1.57. The predicted octanol–water partition coefficient (Wildman–Crippen LogP) is -5.22. The van der Waals surface area contributed by atoms with Gasteiger partial charge in [-0.15, -0.1) is 0 Å². The molecule has 1 aliphatic rings. The van der Waals surface area contributed by atoms with Gasteiger partial charge in [0.2, 0.25) is 0 Å². The van der Waals surface area contributed by atoms with E-state index in [0.717, 1.165) is 4.90 Å². The molecule has 0 bridgehead atoms. The Kier molecular flexibility index (Phi) is 4.83. The molecule has 1 heterocycles. The molecule has 1 saturated heterocycles. The summed E-state index contributed by atoms with van der Waals surface area (Å²) < 4.78 is 22.1. The van der Waals surface area contributed by atoms with E-state index in [1.807, 2.05) is 0 Å². The van der Waals surface area contributed by atoms with Crippen molar-refractivity contribution in [2.45, 2.75) is 12.5 Å². The third-order valence-electron chi connectivity index (χ3n) is 2.36. The number of carboxylic acids is 1. The summed E-state index contributed by atoms with van der Waals surface area (Å²) in [4.78, 5) is 11.1. The average Bonchev–Trinajstić information content (AvgIpc) is 2.28. The molecule has 0 amide bonds. The second-order valence-electron chi connectivity index (χ2n) is 3.52. The molecule has 1 aliphatic heterocycles. The molecule has 2 N–H and O–H groups in total. The molecule has 0 aromatic heterocycles. The van der Waals surface area contributed by atoms with Gasteiger partial charge in [-0.3, -0.25) is 0 Å². The fraction of sp³-hybridized carbons (Fsp3) is 0.857. The highest BCUT2D eigenvalue weighted by molar-refractivity contribution is 7.91. The van der Waals surface area contributed by atoms with Crippen LogP contribution in [0.1, 0.15) is 6.42 Å². The molecule has 2 unspecified atom stereocenters. The van der Waals surface area contributed by atoms with Gasteiger partial charge in [0.25, 0.3) is 0 Å². The van der Waals surface area contributed by atoms with Gasteiger partial charge in [0.15, 0.2) is 16.4 Å². The SMILES string of the molecule is C[NH+](CC(=O)O)C1CCS(=O)(=O)C1.[Cl-]. The number of hydrogen-bond donors (Lipinski definition) is 2. The van der Waals surface area contributed by atoms with E-state index in [1.54, 1.807) is 7.05 Å². The highest BCUT2D eigenvalue weighted by Gasteiger charge is 2.34. The molecule has 0 radical (unpaired) electrons. The van der Waals surface area contributed by atoms with Gasteiger partial charge in [-0.1, -0.05) is 0 Å². The molecule has 7 heteroatoms. The van der Waals surface area contributed by atoms with Crippen molar-refractivity contribution in [3.8, 4) is 0 Å². The average molecular weight is 244 g/mol. The first-order valence-electron chi connectivity index (χ1n) is 4.15. The van der Waals surface area contributed by atoms with Crippen molar-refractivity contribution >= 4 is 15.8 Å². The number of likely N-dealkylation sites (N-methyl/N-ethyl adjacent to an activating group) is 1. The zero-order valence-corrected chi connectivity index (χ0v) is 9.44. The molecule has 84 valence electrons. The molecule has 0 aromatic carbocycles. The van der Waals surface area contributed by atoms with Crippen LogP contribution < -0.4 is 17.3 Å². The minimum Gasteiger partial charge on any atom is -1.00 e. The van der Waals surface area contributed by atoms with Crippen LogP contribution in [0.3, 0.4) is 0 Å². The molecule has 0 saturated carbocycles. The largest absolute Gasteiger partial charge is 1.00 e. The lowest BCUT2D eigenvalue weighted by Crippen LogP contribution is -3.14. The van der Waals surface area contributed by atoms with Crippen LogP contribution in [0.15, 0.2) is 0 Å². The van der Waals surface area contributed by atoms with E-state index < -0.39 is 15.8 Å². The number of rotatable bonds is 3. The number of quaternary nitrogens is 1. The van der Waals surface area contributed by atoms with E-state index in [1.165, 1.54) is 0 Å². The predicted molar refractivity (Wildman–Crippen MR) is 46.4 cm³/mol. The van der Waals surface area contributed by atoms with Crippen molar-refractivity contribution < 1.29 is 35.6 Å². The summed E-state index contributed by atoms with van der Waals surface area (Å²) in [5, 5.41) is 8.50. The van der Waals surface area contributed by atoms with Crippen LogP contribution in [0.4, 0.5) is 0 Å². The molecule has 2 atom stereocenters. The van der Waals surface area contributed by atoms with Gasteiger partial charge >= 0.3 is 5.97 Å². The molecule has 0 aromatic rings. The van der Waals surface area contributed by atoms with E-state index in [0.29, 0.717) is 6.42 Å². The molecule has 0 aliphatic carbocycles. The van der Waals surface area contributed by atoms with Gasteiger partial charge in [0.1, 0.15) is 11.8 Å². The number of carboxylic acid groups (broad SMARTS) is 1. The van der Waals surface area contributed by atoms with Crippen molar-refractivity contribution in [2.24, 2.45) is 0 Å². The Morgan fingerprint density at radius 1 is 1.57 bits per heavy atom. The smallest absolute Gasteiger partial charge is 0.359 e. The summed E-state index contributed by atoms with van der Waals surface area (Å²) in [6.45, 7) is -0.0137. The molecule has 14 heavy (non-hydrogen) atoms. The zero-order chi connectivity index (χ0) is 10.1. The standard InChI is InChI=1S/C7H13NO4S.ClH/c1-8(4-7(9)10)6-2-3-13(11,12)5-6;/h6H,2-5H2,1H3,(H,9,10);1H. The Labute approximate surface area is 89.4 Å². The number of hydrogen-bond acceptors (Lipinski definition) is 3. The first-order chi connectivity index (χ1) is 5.91. The van der Waals surface area contributed by atoms with Gasteiger partial charge in [0, 0.05) is 6.42 Å². The normalized spacial score (nSPS) is 26.5. The minimum absolute atomic E-state index is 0. The number of carbonyl (C=O) groups is 1. The first kappa shape index (κ1) is 13.7. The second-order valence-corrected chi connectivity index (χ2v) is 5.75. The maximum atomic E-state index is 11.1. The van der Waals surface area contributed by atoms with E-state index in [9.17, 15) is 13.2 Å². The van der Waals surface area contributed by atoms with Crippen LogP contribution >= 0.6 is 0 Å². The monoisotopic (exact) mass is 243 g/mol. The van der Waals surface area contributed by atoms with Crippen molar-refractivity contribution in [1.82, 2.24) is 0 Å². The number of nitrogens with one attached hydrogen (secondary N) is 1. The summed E-state index contributed by atoms with van der Waals surface area (Å²) in [7, 11) is -1.17. The van der Waals surface area contributed by atoms with E-state index >= 15 is 0 Å². The Bertz CT molecular complexity index is 303. The number of aliphatic carboxylic acids is 1. The highest BCUT2D eigenvalue weighted by atomic mass is 35.5. The van der Waals surface area contributed by atoms with Crippen LogP contribution in [-0.2, 0) is 14.6 Å². The zero-order valence-electron chi connectivity index (χ0n) is 7.86. The van der Waals surface area contributed by atoms with Gasteiger partial charge in [-0.25, -0.2) is 13.2 Å². The molecule has 0 spiro atoms.